The fourth-order valence-electron chi connectivity index (χ4n) is 1.84. The Labute approximate surface area is 103 Å². The van der Waals surface area contributed by atoms with Gasteiger partial charge in [0.15, 0.2) is 5.65 Å². The number of rotatable bonds is 1. The van der Waals surface area contributed by atoms with Crippen LogP contribution in [0.3, 0.4) is 0 Å². The number of phenolic OH excluding ortho intramolecular Hbond substituents is 2. The monoisotopic (exact) mass is 241 g/mol. The highest BCUT2D eigenvalue weighted by molar-refractivity contribution is 5.77. The molecule has 2 heterocycles. The van der Waals surface area contributed by atoms with Gasteiger partial charge in [0.2, 0.25) is 0 Å². The number of aromatic nitrogens is 3. The van der Waals surface area contributed by atoms with E-state index in [1.165, 1.54) is 12.1 Å². The van der Waals surface area contributed by atoms with Crippen LogP contribution in [-0.2, 0) is 0 Å². The van der Waals surface area contributed by atoms with Crippen LogP contribution in [0.4, 0.5) is 0 Å². The lowest BCUT2D eigenvalue weighted by Gasteiger charge is -2.00. The minimum absolute atomic E-state index is 0.0151. The van der Waals surface area contributed by atoms with Gasteiger partial charge in [0.05, 0.1) is 11.1 Å². The molecule has 90 valence electrons. The summed E-state index contributed by atoms with van der Waals surface area (Å²) in [5.74, 6) is 0.521. The van der Waals surface area contributed by atoms with E-state index in [9.17, 15) is 10.2 Å². The molecule has 0 spiro atoms. The number of aryl methyl sites for hydroxylation is 1. The number of phenols is 2. The van der Waals surface area contributed by atoms with Gasteiger partial charge in [-0.1, -0.05) is 0 Å². The van der Waals surface area contributed by atoms with Gasteiger partial charge in [-0.2, -0.15) is 0 Å². The smallest absolute Gasteiger partial charge is 0.178 e. The molecule has 2 aromatic heterocycles. The molecule has 0 aliphatic carbocycles. The highest BCUT2D eigenvalue weighted by Crippen LogP contribution is 2.31. The molecular formula is C13H11N3O2. The zero-order valence-electron chi connectivity index (χ0n) is 9.68. The Morgan fingerprint density at radius 1 is 1.06 bits per heavy atom. The van der Waals surface area contributed by atoms with Crippen LogP contribution >= 0.6 is 0 Å². The number of H-pyrrole nitrogens is 1. The van der Waals surface area contributed by atoms with E-state index in [2.05, 4.69) is 15.0 Å². The summed E-state index contributed by atoms with van der Waals surface area (Å²) in [5, 5.41) is 19.0. The van der Waals surface area contributed by atoms with E-state index in [1.54, 1.807) is 6.07 Å². The number of nitrogens with one attached hydrogen (secondary N) is 1. The van der Waals surface area contributed by atoms with Gasteiger partial charge < -0.3 is 15.2 Å². The maximum Gasteiger partial charge on any atom is 0.178 e. The molecule has 3 N–H and O–H groups in total. The van der Waals surface area contributed by atoms with Gasteiger partial charge >= 0.3 is 0 Å². The highest BCUT2D eigenvalue weighted by atomic mass is 16.3. The van der Waals surface area contributed by atoms with Crippen LogP contribution in [0.2, 0.25) is 0 Å². The first-order valence-corrected chi connectivity index (χ1v) is 5.49. The van der Waals surface area contributed by atoms with Gasteiger partial charge in [0, 0.05) is 11.8 Å². The van der Waals surface area contributed by atoms with E-state index in [0.29, 0.717) is 17.0 Å². The van der Waals surface area contributed by atoms with Crippen LogP contribution in [0.1, 0.15) is 5.69 Å². The first kappa shape index (κ1) is 10.6. The van der Waals surface area contributed by atoms with Crippen molar-refractivity contribution in [2.24, 2.45) is 0 Å². The summed E-state index contributed by atoms with van der Waals surface area (Å²) < 4.78 is 0. The standard InChI is InChI=1S/C13H11N3O2/c1-7-2-5-10-13(14-7)16-12(15-10)9-4-3-8(17)6-11(9)18/h2-6,17-18H,1H3,(H,14,15,16). The maximum absolute atomic E-state index is 9.78. The van der Waals surface area contributed by atoms with E-state index in [1.807, 2.05) is 19.1 Å². The Hall–Kier alpha value is -2.56. The van der Waals surface area contributed by atoms with E-state index in [-0.39, 0.29) is 11.5 Å². The predicted octanol–water partition coefficient (Wildman–Crippen LogP) is 2.34. The number of hydrogen-bond acceptors (Lipinski definition) is 4. The van der Waals surface area contributed by atoms with Gasteiger partial charge in [0.1, 0.15) is 17.3 Å². The number of fused-ring (bicyclic) bond motifs is 1. The van der Waals surface area contributed by atoms with E-state index in [4.69, 9.17) is 0 Å². The molecule has 5 nitrogen and oxygen atoms in total. The van der Waals surface area contributed by atoms with Gasteiger partial charge in [-0.3, -0.25) is 0 Å². The zero-order valence-corrected chi connectivity index (χ0v) is 9.68. The summed E-state index contributed by atoms with van der Waals surface area (Å²) in [6.07, 6.45) is 0. The molecule has 1 aromatic carbocycles. The Bertz CT molecular complexity index is 734. The van der Waals surface area contributed by atoms with E-state index >= 15 is 0 Å². The summed E-state index contributed by atoms with van der Waals surface area (Å²) in [5.41, 5.74) is 2.83. The fourth-order valence-corrected chi connectivity index (χ4v) is 1.84. The molecule has 3 rings (SSSR count). The lowest BCUT2D eigenvalue weighted by Crippen LogP contribution is -1.82. The summed E-state index contributed by atoms with van der Waals surface area (Å²) in [7, 11) is 0. The molecule has 0 aliphatic rings. The topological polar surface area (TPSA) is 82.0 Å². The molecule has 0 fully saturated rings. The third kappa shape index (κ3) is 1.66. The average molecular weight is 241 g/mol. The molecule has 0 amide bonds. The van der Waals surface area contributed by atoms with Crippen LogP contribution in [0.15, 0.2) is 30.3 Å². The summed E-state index contributed by atoms with van der Waals surface area (Å²) in [6, 6.07) is 8.17. The first-order valence-electron chi connectivity index (χ1n) is 5.49. The molecule has 0 aliphatic heterocycles. The number of nitrogens with zero attached hydrogens (tertiary/aromatic N) is 2. The minimum Gasteiger partial charge on any atom is -0.508 e. The number of aromatic amines is 1. The second-order valence-electron chi connectivity index (χ2n) is 4.11. The number of imidazole rings is 1. The van der Waals surface area contributed by atoms with Crippen molar-refractivity contribution in [2.75, 3.05) is 0 Å². The van der Waals surface area contributed by atoms with Crippen LogP contribution in [-0.4, -0.2) is 25.2 Å². The van der Waals surface area contributed by atoms with Gasteiger partial charge in [-0.25, -0.2) is 9.97 Å². The van der Waals surface area contributed by atoms with Crippen molar-refractivity contribution in [1.29, 1.82) is 0 Å². The summed E-state index contributed by atoms with van der Waals surface area (Å²) in [4.78, 5) is 11.7. The van der Waals surface area contributed by atoms with Crippen molar-refractivity contribution in [3.05, 3.63) is 36.0 Å². The third-order valence-electron chi connectivity index (χ3n) is 2.72. The van der Waals surface area contributed by atoms with Crippen molar-refractivity contribution in [3.63, 3.8) is 0 Å². The molecule has 0 bridgehead atoms. The maximum atomic E-state index is 9.78. The second-order valence-corrected chi connectivity index (χ2v) is 4.11. The van der Waals surface area contributed by atoms with Gasteiger partial charge in [-0.05, 0) is 31.2 Å². The van der Waals surface area contributed by atoms with Crippen molar-refractivity contribution < 1.29 is 10.2 Å². The predicted molar refractivity (Wildman–Crippen MR) is 67.4 cm³/mol. The number of benzene rings is 1. The van der Waals surface area contributed by atoms with Crippen LogP contribution in [0.5, 0.6) is 11.5 Å². The molecule has 0 saturated heterocycles. The Balaban J connectivity index is 2.19. The van der Waals surface area contributed by atoms with E-state index in [0.717, 1.165) is 11.2 Å². The van der Waals surface area contributed by atoms with Crippen LogP contribution < -0.4 is 0 Å². The molecule has 0 radical (unpaired) electrons. The van der Waals surface area contributed by atoms with Crippen molar-refractivity contribution >= 4 is 11.2 Å². The van der Waals surface area contributed by atoms with Gasteiger partial charge in [-0.15, -0.1) is 0 Å². The fraction of sp³-hybridized carbons (Fsp3) is 0.0769. The van der Waals surface area contributed by atoms with Gasteiger partial charge in [0.25, 0.3) is 0 Å². The normalized spacial score (nSPS) is 10.9. The Morgan fingerprint density at radius 3 is 2.67 bits per heavy atom. The van der Waals surface area contributed by atoms with E-state index < -0.39 is 0 Å². The highest BCUT2D eigenvalue weighted by Gasteiger charge is 2.10. The third-order valence-corrected chi connectivity index (χ3v) is 2.72. The molecule has 0 atom stereocenters. The molecule has 3 aromatic rings. The van der Waals surface area contributed by atoms with Crippen LogP contribution in [0, 0.1) is 6.92 Å². The van der Waals surface area contributed by atoms with Crippen molar-refractivity contribution in [2.45, 2.75) is 6.92 Å². The quantitative estimate of drug-likeness (QED) is 0.610. The zero-order chi connectivity index (χ0) is 12.7. The number of pyridine rings is 1. The Kier molecular flexibility index (Phi) is 2.19. The number of hydrogen-bond donors (Lipinski definition) is 3. The van der Waals surface area contributed by atoms with Crippen molar-refractivity contribution in [3.8, 4) is 22.9 Å². The molecule has 0 unspecified atom stereocenters. The minimum atomic E-state index is -0.0224. The molecule has 5 heteroatoms. The summed E-state index contributed by atoms with van der Waals surface area (Å²) in [6.45, 7) is 1.89. The molecular weight excluding hydrogens is 230 g/mol. The second kappa shape index (κ2) is 3.73. The van der Waals surface area contributed by atoms with Crippen LogP contribution in [0.25, 0.3) is 22.6 Å². The Morgan fingerprint density at radius 2 is 1.89 bits per heavy atom. The SMILES string of the molecule is Cc1ccc2[nH]c(-c3ccc(O)cc3O)nc2n1. The largest absolute Gasteiger partial charge is 0.508 e. The number of aromatic hydroxyl groups is 2. The average Bonchev–Trinajstić information content (AvgIpc) is 2.71. The lowest BCUT2D eigenvalue weighted by atomic mass is 10.2. The first-order chi connectivity index (χ1) is 8.63. The molecule has 0 saturated carbocycles. The molecule has 18 heavy (non-hydrogen) atoms. The lowest BCUT2D eigenvalue weighted by molar-refractivity contribution is 0.451. The summed E-state index contributed by atoms with van der Waals surface area (Å²) >= 11 is 0. The van der Waals surface area contributed by atoms with Crippen molar-refractivity contribution in [1.82, 2.24) is 15.0 Å².